The Labute approximate surface area is 151 Å². The van der Waals surface area contributed by atoms with Gasteiger partial charge >= 0.3 is 0 Å². The largest absolute Gasteiger partial charge is 0.348 e. The lowest BCUT2D eigenvalue weighted by Crippen LogP contribution is -2.23. The minimum Gasteiger partial charge on any atom is -0.348 e. The zero-order chi connectivity index (χ0) is 17.1. The molecule has 0 unspecified atom stereocenters. The Morgan fingerprint density at radius 2 is 1.68 bits per heavy atom. The van der Waals surface area contributed by atoms with Gasteiger partial charge in [0.2, 0.25) is 0 Å². The van der Waals surface area contributed by atoms with Crippen molar-refractivity contribution in [2.45, 2.75) is 6.54 Å². The molecule has 0 bridgehead atoms. The fraction of sp³-hybridized carbons (Fsp3) is 0.0455. The van der Waals surface area contributed by atoms with Gasteiger partial charge in [-0.3, -0.25) is 4.79 Å². The normalized spacial score (nSPS) is 14.2. The van der Waals surface area contributed by atoms with Crippen molar-refractivity contribution in [1.29, 1.82) is 0 Å². The predicted molar refractivity (Wildman–Crippen MR) is 105 cm³/mol. The summed E-state index contributed by atoms with van der Waals surface area (Å²) in [6.45, 7) is 0.531. The molecule has 3 aromatic rings. The Kier molecular flexibility index (Phi) is 4.32. The fourth-order valence-corrected chi connectivity index (χ4v) is 3.65. The minimum atomic E-state index is -0.0362. The third-order valence-electron chi connectivity index (χ3n) is 4.21. The minimum absolute atomic E-state index is 0.0362. The lowest BCUT2D eigenvalue weighted by atomic mass is 10.0. The van der Waals surface area contributed by atoms with Crippen LogP contribution in [0.5, 0.6) is 0 Å². The Balaban J connectivity index is 1.61. The molecule has 25 heavy (non-hydrogen) atoms. The van der Waals surface area contributed by atoms with Crippen LogP contribution >= 0.6 is 11.3 Å². The van der Waals surface area contributed by atoms with Crippen molar-refractivity contribution in [3.05, 3.63) is 99.8 Å². The number of allylic oxidation sites excluding steroid dienone is 2. The lowest BCUT2D eigenvalue weighted by Gasteiger charge is -2.07. The molecule has 0 aliphatic heterocycles. The number of carbonyl (C=O) groups excluding carboxylic acids is 1. The van der Waals surface area contributed by atoms with Crippen molar-refractivity contribution < 1.29 is 4.79 Å². The van der Waals surface area contributed by atoms with Crippen LogP contribution in [0.1, 0.15) is 21.6 Å². The van der Waals surface area contributed by atoms with E-state index in [1.807, 2.05) is 60.7 Å². The molecular formula is C22H17NOS. The summed E-state index contributed by atoms with van der Waals surface area (Å²) in [7, 11) is 0. The number of carbonyl (C=O) groups is 1. The van der Waals surface area contributed by atoms with Gasteiger partial charge in [-0.2, -0.15) is 0 Å². The average Bonchev–Trinajstić information content (AvgIpc) is 3.29. The molecule has 3 heteroatoms. The summed E-state index contributed by atoms with van der Waals surface area (Å²) in [4.78, 5) is 13.9. The number of hydrogen-bond acceptors (Lipinski definition) is 2. The molecule has 0 spiro atoms. The maximum atomic E-state index is 12.7. The van der Waals surface area contributed by atoms with E-state index in [2.05, 4.69) is 28.9 Å². The molecule has 0 saturated heterocycles. The molecule has 1 aromatic heterocycles. The van der Waals surface area contributed by atoms with Crippen LogP contribution in [-0.2, 0) is 11.3 Å². The lowest BCUT2D eigenvalue weighted by molar-refractivity contribution is -0.115. The Morgan fingerprint density at radius 1 is 0.920 bits per heavy atom. The van der Waals surface area contributed by atoms with Gasteiger partial charge in [-0.05, 0) is 45.9 Å². The molecule has 2 nitrogen and oxygen atoms in total. The molecule has 0 fully saturated rings. The first-order valence-corrected chi connectivity index (χ1v) is 9.08. The second-order valence-corrected chi connectivity index (χ2v) is 6.87. The molecule has 1 amide bonds. The number of nitrogens with one attached hydrogen (secondary N) is 1. The highest BCUT2D eigenvalue weighted by Crippen LogP contribution is 2.36. The van der Waals surface area contributed by atoms with Crippen molar-refractivity contribution in [2.75, 3.05) is 0 Å². The molecule has 0 saturated carbocycles. The summed E-state index contributed by atoms with van der Waals surface area (Å²) in [5.74, 6) is -0.0362. The van der Waals surface area contributed by atoms with E-state index in [4.69, 9.17) is 0 Å². The van der Waals surface area contributed by atoms with Gasteiger partial charge < -0.3 is 5.32 Å². The van der Waals surface area contributed by atoms with Crippen LogP contribution in [-0.4, -0.2) is 5.91 Å². The fourth-order valence-electron chi connectivity index (χ4n) is 2.99. The molecule has 0 radical (unpaired) electrons. The van der Waals surface area contributed by atoms with Gasteiger partial charge in [0.25, 0.3) is 5.91 Å². The van der Waals surface area contributed by atoms with Crippen LogP contribution in [0.3, 0.4) is 0 Å². The maximum absolute atomic E-state index is 12.7. The van der Waals surface area contributed by atoms with Gasteiger partial charge in [0.15, 0.2) is 0 Å². The molecule has 4 rings (SSSR count). The molecule has 1 N–H and O–H groups in total. The maximum Gasteiger partial charge on any atom is 0.252 e. The highest BCUT2D eigenvalue weighted by molar-refractivity contribution is 7.10. The van der Waals surface area contributed by atoms with Gasteiger partial charge in [0, 0.05) is 17.0 Å². The van der Waals surface area contributed by atoms with Crippen molar-refractivity contribution >= 4 is 34.5 Å². The summed E-state index contributed by atoms with van der Waals surface area (Å²) in [5.41, 5.74) is 5.02. The third kappa shape index (κ3) is 3.32. The summed E-state index contributed by atoms with van der Waals surface area (Å²) in [5, 5.41) is 5.09. The van der Waals surface area contributed by atoms with Crippen molar-refractivity contribution in [2.24, 2.45) is 0 Å². The monoisotopic (exact) mass is 343 g/mol. The van der Waals surface area contributed by atoms with Gasteiger partial charge in [-0.1, -0.05) is 60.7 Å². The van der Waals surface area contributed by atoms with Crippen molar-refractivity contribution in [3.8, 4) is 0 Å². The second kappa shape index (κ2) is 6.91. The Hall–Kier alpha value is -2.91. The van der Waals surface area contributed by atoms with Crippen LogP contribution in [0.15, 0.2) is 78.2 Å². The number of amides is 1. The molecule has 1 aliphatic carbocycles. The van der Waals surface area contributed by atoms with Crippen LogP contribution < -0.4 is 5.32 Å². The number of hydrogen-bond donors (Lipinski definition) is 1. The summed E-state index contributed by atoms with van der Waals surface area (Å²) < 4.78 is 0. The van der Waals surface area contributed by atoms with Crippen LogP contribution in [0.4, 0.5) is 0 Å². The topological polar surface area (TPSA) is 29.1 Å². The Morgan fingerprint density at radius 3 is 2.44 bits per heavy atom. The highest BCUT2D eigenvalue weighted by Gasteiger charge is 2.22. The zero-order valence-electron chi connectivity index (χ0n) is 13.6. The first kappa shape index (κ1) is 15.6. The first-order valence-electron chi connectivity index (χ1n) is 8.20. The van der Waals surface area contributed by atoms with E-state index in [0.29, 0.717) is 6.54 Å². The van der Waals surface area contributed by atoms with Crippen LogP contribution in [0.2, 0.25) is 0 Å². The van der Waals surface area contributed by atoms with E-state index in [0.717, 1.165) is 27.8 Å². The molecule has 122 valence electrons. The summed E-state index contributed by atoms with van der Waals surface area (Å²) in [6, 6.07) is 22.2. The smallest absolute Gasteiger partial charge is 0.252 e. The molecule has 0 atom stereocenters. The van der Waals surface area contributed by atoms with Gasteiger partial charge in [0.1, 0.15) is 0 Å². The van der Waals surface area contributed by atoms with E-state index >= 15 is 0 Å². The molecular weight excluding hydrogens is 326 g/mol. The van der Waals surface area contributed by atoms with Gasteiger partial charge in [0.05, 0.1) is 0 Å². The molecule has 1 heterocycles. The quantitative estimate of drug-likeness (QED) is 0.709. The van der Waals surface area contributed by atoms with E-state index in [1.165, 1.54) is 4.88 Å². The zero-order valence-corrected chi connectivity index (χ0v) is 14.4. The number of fused-ring (bicyclic) bond motifs is 1. The van der Waals surface area contributed by atoms with E-state index in [9.17, 15) is 4.79 Å². The Bertz CT molecular complexity index is 953. The van der Waals surface area contributed by atoms with E-state index in [1.54, 1.807) is 11.3 Å². The van der Waals surface area contributed by atoms with Gasteiger partial charge in [-0.25, -0.2) is 0 Å². The second-order valence-electron chi connectivity index (χ2n) is 5.89. The summed E-state index contributed by atoms with van der Waals surface area (Å²) in [6.07, 6.45) is 4.13. The SMILES string of the molecule is O=C(NCc1ccccc1)C1=C/C(=C\c2cccs2)c2ccccc21. The molecule has 2 aromatic carbocycles. The third-order valence-corrected chi connectivity index (χ3v) is 5.03. The number of rotatable bonds is 4. The highest BCUT2D eigenvalue weighted by atomic mass is 32.1. The van der Waals surface area contributed by atoms with Gasteiger partial charge in [-0.15, -0.1) is 11.3 Å². The first-order chi connectivity index (χ1) is 12.3. The average molecular weight is 343 g/mol. The van der Waals surface area contributed by atoms with Crippen LogP contribution in [0, 0.1) is 0 Å². The van der Waals surface area contributed by atoms with Crippen LogP contribution in [0.25, 0.3) is 17.2 Å². The van der Waals surface area contributed by atoms with E-state index in [-0.39, 0.29) is 5.91 Å². The number of benzene rings is 2. The number of thiophene rings is 1. The van der Waals surface area contributed by atoms with Crippen molar-refractivity contribution in [3.63, 3.8) is 0 Å². The predicted octanol–water partition coefficient (Wildman–Crippen LogP) is 5.00. The van der Waals surface area contributed by atoms with E-state index < -0.39 is 0 Å². The standard InChI is InChI=1S/C22H17NOS/c24-22(23-15-16-7-2-1-3-8-16)21-14-17(13-18-9-6-12-25-18)19-10-4-5-11-20(19)21/h1-14H,15H2,(H,23,24)/b17-13+. The summed E-state index contributed by atoms with van der Waals surface area (Å²) >= 11 is 1.70. The molecule has 1 aliphatic rings. The van der Waals surface area contributed by atoms with Crippen molar-refractivity contribution in [1.82, 2.24) is 5.32 Å².